The highest BCUT2D eigenvalue weighted by atomic mass is 35.5. The third-order valence-electron chi connectivity index (χ3n) is 4.52. The fraction of sp³-hybridized carbons (Fsp3) is 0.182. The van der Waals surface area contributed by atoms with E-state index in [1.807, 2.05) is 54.8 Å². The molecule has 0 unspecified atom stereocenters. The molecule has 2 aromatic heterocycles. The molecule has 164 valence electrons. The summed E-state index contributed by atoms with van der Waals surface area (Å²) in [5.74, 6) is 0.511. The predicted molar refractivity (Wildman–Crippen MR) is 126 cm³/mol. The van der Waals surface area contributed by atoms with Crippen LogP contribution in [-0.4, -0.2) is 38.6 Å². The zero-order chi connectivity index (χ0) is 22.5. The quantitative estimate of drug-likeness (QED) is 0.250. The highest BCUT2D eigenvalue weighted by Gasteiger charge is 2.13. The number of esters is 1. The van der Waals surface area contributed by atoms with Gasteiger partial charge in [0.15, 0.2) is 5.16 Å². The summed E-state index contributed by atoms with van der Waals surface area (Å²) in [5, 5.41) is 12.0. The number of nitrogens with zero attached hydrogens (tertiary/aromatic N) is 4. The number of hydrogen-bond donors (Lipinski definition) is 0. The first kappa shape index (κ1) is 22.3. The Morgan fingerprint density at radius 2 is 2.12 bits per heavy atom. The van der Waals surface area contributed by atoms with E-state index < -0.39 is 0 Å². The van der Waals surface area contributed by atoms with Gasteiger partial charge in [-0.3, -0.25) is 9.36 Å². The highest BCUT2D eigenvalue weighted by molar-refractivity contribution is 7.99. The van der Waals surface area contributed by atoms with Crippen LogP contribution in [0.2, 0.25) is 5.02 Å². The summed E-state index contributed by atoms with van der Waals surface area (Å²) in [4.78, 5) is 16.8. The third-order valence-corrected chi connectivity index (χ3v) is 6.78. The van der Waals surface area contributed by atoms with E-state index in [0.29, 0.717) is 15.9 Å². The molecule has 4 aromatic rings. The molecule has 0 fully saturated rings. The smallest absolute Gasteiger partial charge is 0.316 e. The maximum atomic E-state index is 12.3. The van der Waals surface area contributed by atoms with Crippen LogP contribution in [0.25, 0.3) is 16.3 Å². The molecule has 10 heteroatoms. The Hall–Kier alpha value is -2.88. The van der Waals surface area contributed by atoms with Gasteiger partial charge in [-0.25, -0.2) is 4.98 Å². The van der Waals surface area contributed by atoms with Crippen LogP contribution < -0.4 is 4.74 Å². The van der Waals surface area contributed by atoms with E-state index in [1.54, 1.807) is 18.0 Å². The molecule has 7 nitrogen and oxygen atoms in total. The number of aromatic nitrogens is 4. The number of methoxy groups -OCH3 is 1. The second kappa shape index (κ2) is 10.2. The van der Waals surface area contributed by atoms with Gasteiger partial charge < -0.3 is 9.47 Å². The number of aryl methyl sites for hydroxylation is 1. The lowest BCUT2D eigenvalue weighted by Gasteiger charge is -2.08. The minimum atomic E-state index is -0.359. The summed E-state index contributed by atoms with van der Waals surface area (Å²) >= 11 is 8.96. The number of carbonyl (C=O) groups excluding carboxylic acids is 1. The molecule has 0 N–H and O–H groups in total. The van der Waals surface area contributed by atoms with Crippen molar-refractivity contribution in [2.24, 2.45) is 0 Å². The van der Waals surface area contributed by atoms with E-state index in [-0.39, 0.29) is 18.3 Å². The number of ether oxygens (including phenoxy) is 2. The molecule has 32 heavy (non-hydrogen) atoms. The van der Waals surface area contributed by atoms with E-state index in [1.165, 1.54) is 23.1 Å². The van der Waals surface area contributed by atoms with Crippen molar-refractivity contribution in [2.45, 2.75) is 18.7 Å². The van der Waals surface area contributed by atoms with Crippen molar-refractivity contribution in [3.05, 3.63) is 70.5 Å². The van der Waals surface area contributed by atoms with E-state index in [0.717, 1.165) is 27.6 Å². The maximum absolute atomic E-state index is 12.3. The molecule has 0 aliphatic rings. The first-order valence-corrected chi connectivity index (χ1v) is 11.8. The molecule has 2 heterocycles. The molecule has 0 saturated carbocycles. The van der Waals surface area contributed by atoms with Crippen LogP contribution in [0.4, 0.5) is 0 Å². The number of carbonyl (C=O) groups is 1. The Kier molecular flexibility index (Phi) is 7.09. The standard InChI is InChI=1S/C22H19ClN4O3S2/c1-14-6-7-17(9-19(14)23)27-13-24-26-22(27)32-12-20(28)30-10-16-11-31-21(25-16)15-4-3-5-18(8-15)29-2/h3-9,11,13H,10,12H2,1-2H3. The first-order chi connectivity index (χ1) is 15.5. The molecular weight excluding hydrogens is 468 g/mol. The van der Waals surface area contributed by atoms with E-state index in [9.17, 15) is 4.79 Å². The number of hydrogen-bond acceptors (Lipinski definition) is 8. The largest absolute Gasteiger partial charge is 0.497 e. The van der Waals surface area contributed by atoms with Gasteiger partial charge >= 0.3 is 5.97 Å². The summed E-state index contributed by atoms with van der Waals surface area (Å²) < 4.78 is 12.4. The molecule has 0 aliphatic carbocycles. The van der Waals surface area contributed by atoms with Crippen molar-refractivity contribution in [1.29, 1.82) is 0 Å². The van der Waals surface area contributed by atoms with Crippen molar-refractivity contribution in [3.8, 4) is 22.0 Å². The van der Waals surface area contributed by atoms with Gasteiger partial charge in [-0.15, -0.1) is 21.5 Å². The fourth-order valence-electron chi connectivity index (χ4n) is 2.81. The second-order valence-corrected chi connectivity index (χ2v) is 8.95. The van der Waals surface area contributed by atoms with Gasteiger partial charge in [0, 0.05) is 16.0 Å². The summed E-state index contributed by atoms with van der Waals surface area (Å²) in [7, 11) is 1.63. The predicted octanol–water partition coefficient (Wildman–Crippen LogP) is 5.20. The van der Waals surface area contributed by atoms with Crippen molar-refractivity contribution >= 4 is 40.7 Å². The average Bonchev–Trinajstić information content (AvgIpc) is 3.48. The summed E-state index contributed by atoms with van der Waals surface area (Å²) in [6, 6.07) is 13.4. The van der Waals surface area contributed by atoms with Gasteiger partial charge in [0.2, 0.25) is 0 Å². The number of halogens is 1. The number of benzene rings is 2. The Morgan fingerprint density at radius 3 is 2.94 bits per heavy atom. The number of rotatable bonds is 8. The van der Waals surface area contributed by atoms with Crippen LogP contribution in [0.1, 0.15) is 11.3 Å². The van der Waals surface area contributed by atoms with Crippen molar-refractivity contribution in [2.75, 3.05) is 12.9 Å². The Balaban J connectivity index is 1.32. The number of thioether (sulfide) groups is 1. The zero-order valence-electron chi connectivity index (χ0n) is 17.3. The van der Waals surface area contributed by atoms with Crippen LogP contribution >= 0.6 is 34.7 Å². The molecular formula is C22H19ClN4O3S2. The van der Waals surface area contributed by atoms with Crippen LogP contribution in [0.5, 0.6) is 5.75 Å². The monoisotopic (exact) mass is 486 g/mol. The first-order valence-electron chi connectivity index (χ1n) is 9.57. The van der Waals surface area contributed by atoms with Crippen molar-refractivity contribution in [3.63, 3.8) is 0 Å². The van der Waals surface area contributed by atoms with E-state index >= 15 is 0 Å². The minimum Gasteiger partial charge on any atom is -0.497 e. The molecule has 0 radical (unpaired) electrons. The SMILES string of the molecule is COc1cccc(-c2nc(COC(=O)CSc3nncn3-c3ccc(C)c(Cl)c3)cs2)c1. The number of thiazole rings is 1. The highest BCUT2D eigenvalue weighted by Crippen LogP contribution is 2.27. The summed E-state index contributed by atoms with van der Waals surface area (Å²) in [6.45, 7) is 2.05. The average molecular weight is 487 g/mol. The third kappa shape index (κ3) is 5.29. The molecule has 0 saturated heterocycles. The van der Waals surface area contributed by atoms with Gasteiger partial charge in [0.25, 0.3) is 0 Å². The van der Waals surface area contributed by atoms with Gasteiger partial charge in [-0.1, -0.05) is 41.6 Å². The molecule has 2 aromatic carbocycles. The van der Waals surface area contributed by atoms with Crippen molar-refractivity contribution < 1.29 is 14.3 Å². The van der Waals surface area contributed by atoms with E-state index in [4.69, 9.17) is 21.1 Å². The fourth-order valence-corrected chi connectivity index (χ4v) is 4.52. The van der Waals surface area contributed by atoms with Gasteiger partial charge in [-0.2, -0.15) is 0 Å². The van der Waals surface area contributed by atoms with Crippen LogP contribution in [-0.2, 0) is 16.1 Å². The molecule has 0 spiro atoms. The Labute approximate surface area is 198 Å². The molecule has 4 rings (SSSR count). The molecule has 0 atom stereocenters. The normalized spacial score (nSPS) is 10.8. The van der Waals surface area contributed by atoms with Gasteiger partial charge in [0.05, 0.1) is 24.2 Å². The zero-order valence-corrected chi connectivity index (χ0v) is 19.7. The Morgan fingerprint density at radius 1 is 1.25 bits per heavy atom. The van der Waals surface area contributed by atoms with Gasteiger partial charge in [-0.05, 0) is 36.8 Å². The molecule has 0 aliphatic heterocycles. The Bertz CT molecular complexity index is 1240. The minimum absolute atomic E-state index is 0.102. The lowest BCUT2D eigenvalue weighted by molar-refractivity contribution is -0.141. The van der Waals surface area contributed by atoms with E-state index in [2.05, 4.69) is 15.2 Å². The van der Waals surface area contributed by atoms with Crippen LogP contribution in [0.15, 0.2) is 59.3 Å². The topological polar surface area (TPSA) is 79.1 Å². The van der Waals surface area contributed by atoms with Crippen molar-refractivity contribution in [1.82, 2.24) is 19.7 Å². The summed E-state index contributed by atoms with van der Waals surface area (Å²) in [5.41, 5.74) is 3.47. The molecule has 0 amide bonds. The summed E-state index contributed by atoms with van der Waals surface area (Å²) in [6.07, 6.45) is 1.59. The second-order valence-electron chi connectivity index (χ2n) is 6.74. The van der Waals surface area contributed by atoms with Crippen LogP contribution in [0, 0.1) is 6.92 Å². The lowest BCUT2D eigenvalue weighted by Crippen LogP contribution is -2.08. The van der Waals surface area contributed by atoms with Crippen LogP contribution in [0.3, 0.4) is 0 Å². The lowest BCUT2D eigenvalue weighted by atomic mass is 10.2. The maximum Gasteiger partial charge on any atom is 0.316 e. The van der Waals surface area contributed by atoms with Gasteiger partial charge in [0.1, 0.15) is 23.7 Å². The molecule has 0 bridgehead atoms.